The molecule has 0 unspecified atom stereocenters. The molecule has 0 N–H and O–H groups in total. The van der Waals surface area contributed by atoms with Crippen molar-refractivity contribution in [3.8, 4) is 16.9 Å². The number of ether oxygens (including phenoxy) is 1. The van der Waals surface area contributed by atoms with Crippen LogP contribution in [0.4, 0.5) is 0 Å². The molecule has 1 amide bonds. The molecule has 2 heterocycles. The van der Waals surface area contributed by atoms with Crippen LogP contribution in [0.25, 0.3) is 16.9 Å². The van der Waals surface area contributed by atoms with Crippen molar-refractivity contribution in [2.45, 2.75) is 19.8 Å². The van der Waals surface area contributed by atoms with Gasteiger partial charge in [0.15, 0.2) is 0 Å². The Labute approximate surface area is 196 Å². The monoisotopic (exact) mass is 471 g/mol. The van der Waals surface area contributed by atoms with Gasteiger partial charge in [0.2, 0.25) is 0 Å². The van der Waals surface area contributed by atoms with Gasteiger partial charge in [0.1, 0.15) is 5.69 Å². The fourth-order valence-electron chi connectivity index (χ4n) is 3.84. The maximum atomic E-state index is 13.5. The van der Waals surface area contributed by atoms with Crippen molar-refractivity contribution in [1.82, 2.24) is 14.7 Å². The minimum Gasteiger partial charge on any atom is -0.466 e. The minimum absolute atomic E-state index is 0.145. The van der Waals surface area contributed by atoms with Crippen molar-refractivity contribution < 1.29 is 14.3 Å². The van der Waals surface area contributed by atoms with Crippen molar-refractivity contribution >= 4 is 35.1 Å². The van der Waals surface area contributed by atoms with Gasteiger partial charge in [-0.15, -0.1) is 0 Å². The zero-order valence-electron chi connectivity index (χ0n) is 17.6. The Morgan fingerprint density at radius 3 is 2.41 bits per heavy atom. The number of hydrogen-bond acceptors (Lipinski definition) is 4. The summed E-state index contributed by atoms with van der Waals surface area (Å²) >= 11 is 12.3. The predicted molar refractivity (Wildman–Crippen MR) is 124 cm³/mol. The largest absolute Gasteiger partial charge is 0.466 e. The first-order valence-corrected chi connectivity index (χ1v) is 11.3. The molecule has 0 atom stereocenters. The number of halogens is 2. The Morgan fingerprint density at radius 2 is 1.75 bits per heavy atom. The van der Waals surface area contributed by atoms with Gasteiger partial charge in [0, 0.05) is 18.7 Å². The molecule has 8 heteroatoms. The van der Waals surface area contributed by atoms with Gasteiger partial charge in [-0.1, -0.05) is 53.5 Å². The molecule has 1 saturated heterocycles. The van der Waals surface area contributed by atoms with Crippen LogP contribution in [0.1, 0.15) is 30.3 Å². The third-order valence-electron chi connectivity index (χ3n) is 5.55. The number of likely N-dealkylation sites (tertiary alicyclic amines) is 1. The standard InChI is InChI=1S/C24H23Cl2N3O3/c1-2-32-24(31)17-10-12-28(13-11-17)23(30)22-15-21(16-6-4-3-5-7-16)27-29(22)18-8-9-19(25)20(26)14-18/h3-9,14-15,17H,2,10-13H2,1H3. The maximum Gasteiger partial charge on any atom is 0.309 e. The van der Waals surface area contributed by atoms with E-state index in [0.29, 0.717) is 59.7 Å². The van der Waals surface area contributed by atoms with Crippen molar-refractivity contribution in [3.05, 3.63) is 70.3 Å². The van der Waals surface area contributed by atoms with Gasteiger partial charge in [0.25, 0.3) is 5.91 Å². The summed E-state index contributed by atoms with van der Waals surface area (Å²) in [6.45, 7) is 3.12. The van der Waals surface area contributed by atoms with Crippen LogP contribution in [0.5, 0.6) is 0 Å². The van der Waals surface area contributed by atoms with Gasteiger partial charge >= 0.3 is 5.97 Å². The van der Waals surface area contributed by atoms with E-state index in [4.69, 9.17) is 33.0 Å². The molecule has 1 aliphatic heterocycles. The van der Waals surface area contributed by atoms with E-state index in [1.165, 1.54) is 0 Å². The lowest BCUT2D eigenvalue weighted by atomic mass is 9.97. The molecule has 0 radical (unpaired) electrons. The number of amides is 1. The molecular formula is C24H23Cl2N3O3. The first-order valence-electron chi connectivity index (χ1n) is 10.5. The van der Waals surface area contributed by atoms with Crippen LogP contribution >= 0.6 is 23.2 Å². The zero-order valence-corrected chi connectivity index (χ0v) is 19.1. The number of nitrogens with zero attached hydrogens (tertiary/aromatic N) is 3. The quantitative estimate of drug-likeness (QED) is 0.475. The summed E-state index contributed by atoms with van der Waals surface area (Å²) in [4.78, 5) is 27.3. The third-order valence-corrected chi connectivity index (χ3v) is 6.29. The van der Waals surface area contributed by atoms with Crippen molar-refractivity contribution in [2.75, 3.05) is 19.7 Å². The molecule has 6 nitrogen and oxygen atoms in total. The second-order valence-electron chi connectivity index (χ2n) is 7.61. The van der Waals surface area contributed by atoms with Gasteiger partial charge in [-0.25, -0.2) is 4.68 Å². The van der Waals surface area contributed by atoms with Gasteiger partial charge in [-0.2, -0.15) is 5.10 Å². The molecule has 4 rings (SSSR count). The number of hydrogen-bond donors (Lipinski definition) is 0. The molecule has 2 aromatic carbocycles. The SMILES string of the molecule is CCOC(=O)C1CCN(C(=O)c2cc(-c3ccccc3)nn2-c2ccc(Cl)c(Cl)c2)CC1. The molecule has 0 bridgehead atoms. The average molecular weight is 472 g/mol. The molecular weight excluding hydrogens is 449 g/mol. The highest BCUT2D eigenvalue weighted by Gasteiger charge is 2.30. The summed E-state index contributed by atoms with van der Waals surface area (Å²) in [6.07, 6.45) is 1.16. The Balaban J connectivity index is 1.65. The van der Waals surface area contributed by atoms with E-state index < -0.39 is 0 Å². The highest BCUT2D eigenvalue weighted by molar-refractivity contribution is 6.42. The van der Waals surface area contributed by atoms with Gasteiger partial charge in [-0.3, -0.25) is 9.59 Å². The van der Waals surface area contributed by atoms with Crippen LogP contribution in [-0.4, -0.2) is 46.3 Å². The Hall–Kier alpha value is -2.83. The van der Waals surface area contributed by atoms with Gasteiger partial charge in [-0.05, 0) is 44.0 Å². The molecule has 0 spiro atoms. The summed E-state index contributed by atoms with van der Waals surface area (Å²) in [5, 5.41) is 5.51. The topological polar surface area (TPSA) is 64.4 Å². The highest BCUT2D eigenvalue weighted by Crippen LogP contribution is 2.28. The van der Waals surface area contributed by atoms with E-state index in [-0.39, 0.29) is 17.8 Å². The summed E-state index contributed by atoms with van der Waals surface area (Å²) in [6, 6.07) is 16.6. The second-order valence-corrected chi connectivity index (χ2v) is 8.42. The second kappa shape index (κ2) is 9.76. The molecule has 1 fully saturated rings. The molecule has 3 aromatic rings. The number of benzene rings is 2. The number of esters is 1. The lowest BCUT2D eigenvalue weighted by Gasteiger charge is -2.30. The Morgan fingerprint density at radius 1 is 1.03 bits per heavy atom. The van der Waals surface area contributed by atoms with E-state index in [1.54, 1.807) is 40.8 Å². The van der Waals surface area contributed by atoms with E-state index >= 15 is 0 Å². The van der Waals surface area contributed by atoms with Crippen LogP contribution in [0.2, 0.25) is 10.0 Å². The molecule has 0 aliphatic carbocycles. The number of aromatic nitrogens is 2. The van der Waals surface area contributed by atoms with Crippen LogP contribution in [0.3, 0.4) is 0 Å². The fourth-order valence-corrected chi connectivity index (χ4v) is 4.13. The molecule has 1 aliphatic rings. The van der Waals surface area contributed by atoms with E-state index in [1.807, 2.05) is 30.3 Å². The summed E-state index contributed by atoms with van der Waals surface area (Å²) in [5.74, 6) is -0.501. The first-order chi connectivity index (χ1) is 15.5. The molecule has 0 saturated carbocycles. The number of rotatable bonds is 5. The van der Waals surface area contributed by atoms with Gasteiger partial charge < -0.3 is 9.64 Å². The zero-order chi connectivity index (χ0) is 22.7. The Bertz CT molecular complexity index is 1120. The molecule has 32 heavy (non-hydrogen) atoms. The van der Waals surface area contributed by atoms with Crippen LogP contribution < -0.4 is 0 Å². The van der Waals surface area contributed by atoms with E-state index in [2.05, 4.69) is 0 Å². The lowest BCUT2D eigenvalue weighted by Crippen LogP contribution is -2.41. The highest BCUT2D eigenvalue weighted by atomic mass is 35.5. The fraction of sp³-hybridized carbons (Fsp3) is 0.292. The summed E-state index contributed by atoms with van der Waals surface area (Å²) in [5.41, 5.74) is 2.66. The van der Waals surface area contributed by atoms with Crippen LogP contribution in [0.15, 0.2) is 54.6 Å². The number of carbonyl (C=O) groups is 2. The van der Waals surface area contributed by atoms with Crippen molar-refractivity contribution in [1.29, 1.82) is 0 Å². The summed E-state index contributed by atoms with van der Waals surface area (Å²) < 4.78 is 6.73. The Kier molecular flexibility index (Phi) is 6.82. The van der Waals surface area contributed by atoms with Crippen LogP contribution in [-0.2, 0) is 9.53 Å². The van der Waals surface area contributed by atoms with Crippen LogP contribution in [0, 0.1) is 5.92 Å². The minimum atomic E-state index is -0.188. The van der Waals surface area contributed by atoms with Crippen molar-refractivity contribution in [2.24, 2.45) is 5.92 Å². The van der Waals surface area contributed by atoms with E-state index in [0.717, 1.165) is 5.56 Å². The molecule has 1 aromatic heterocycles. The number of piperidine rings is 1. The normalized spacial score (nSPS) is 14.4. The smallest absolute Gasteiger partial charge is 0.309 e. The molecule has 166 valence electrons. The van der Waals surface area contributed by atoms with Gasteiger partial charge in [0.05, 0.1) is 34.0 Å². The lowest BCUT2D eigenvalue weighted by molar-refractivity contribution is -0.149. The first kappa shape index (κ1) is 22.4. The van der Waals surface area contributed by atoms with Crippen molar-refractivity contribution in [3.63, 3.8) is 0 Å². The third kappa shape index (κ3) is 4.66. The van der Waals surface area contributed by atoms with E-state index in [9.17, 15) is 9.59 Å². The number of carbonyl (C=O) groups excluding carboxylic acids is 2. The predicted octanol–water partition coefficient (Wildman–Crippen LogP) is 5.26. The summed E-state index contributed by atoms with van der Waals surface area (Å²) in [7, 11) is 0. The maximum absolute atomic E-state index is 13.5. The average Bonchev–Trinajstić information content (AvgIpc) is 3.27.